The van der Waals surface area contributed by atoms with E-state index in [0.717, 1.165) is 25.3 Å². The Bertz CT molecular complexity index is 423. The third kappa shape index (κ3) is 10.1. The molecule has 0 bridgehead atoms. The number of hydrogen-bond donors (Lipinski definition) is 4. The van der Waals surface area contributed by atoms with E-state index in [1.54, 1.807) is 0 Å². The maximum atomic E-state index is 12.0. The van der Waals surface area contributed by atoms with Gasteiger partial charge in [0.15, 0.2) is 0 Å². The summed E-state index contributed by atoms with van der Waals surface area (Å²) in [4.78, 5) is 34.7. The summed E-state index contributed by atoms with van der Waals surface area (Å²) in [5.41, 5.74) is 5.01. The fourth-order valence-electron chi connectivity index (χ4n) is 3.29. The molecule has 1 fully saturated rings. The van der Waals surface area contributed by atoms with E-state index in [4.69, 9.17) is 5.73 Å². The van der Waals surface area contributed by atoms with Gasteiger partial charge in [0.05, 0.1) is 13.1 Å². The van der Waals surface area contributed by atoms with Gasteiger partial charge in [0.25, 0.3) is 0 Å². The van der Waals surface area contributed by atoms with E-state index in [9.17, 15) is 14.4 Å². The molecule has 0 aromatic heterocycles. The highest BCUT2D eigenvalue weighted by molar-refractivity contribution is 5.90. The predicted octanol–water partition coefficient (Wildman–Crippen LogP) is 0.823. The summed E-state index contributed by atoms with van der Waals surface area (Å²) in [7, 11) is 0. The largest absolute Gasteiger partial charge is 0.368 e. The molecule has 0 aromatic carbocycles. The van der Waals surface area contributed by atoms with Crippen molar-refractivity contribution >= 4 is 17.7 Å². The van der Waals surface area contributed by atoms with Crippen LogP contribution in [-0.4, -0.2) is 43.4 Å². The van der Waals surface area contributed by atoms with Gasteiger partial charge in [-0.2, -0.15) is 0 Å². The van der Waals surface area contributed by atoms with E-state index in [2.05, 4.69) is 16.0 Å². The van der Waals surface area contributed by atoms with Crippen LogP contribution in [-0.2, 0) is 14.4 Å². The van der Waals surface area contributed by atoms with E-state index in [1.807, 2.05) is 6.92 Å². The molecule has 3 amide bonds. The number of rotatable bonds is 12. The third-order valence-electron chi connectivity index (χ3n) is 4.64. The molecule has 0 heterocycles. The number of hydrogen-bond acceptors (Lipinski definition) is 4. The Hall–Kier alpha value is -1.63. The lowest BCUT2D eigenvalue weighted by Gasteiger charge is -2.21. The van der Waals surface area contributed by atoms with Crippen LogP contribution < -0.4 is 21.7 Å². The second-order valence-corrected chi connectivity index (χ2v) is 6.92. The van der Waals surface area contributed by atoms with Gasteiger partial charge in [-0.3, -0.25) is 14.4 Å². The number of nitrogens with two attached hydrogens (primary N) is 1. The topological polar surface area (TPSA) is 113 Å². The summed E-state index contributed by atoms with van der Waals surface area (Å²) in [5.74, 6) is -0.321. The molecule has 1 rings (SSSR count). The molecular formula is C18H34N4O3. The molecule has 0 aromatic rings. The van der Waals surface area contributed by atoms with Crippen molar-refractivity contribution in [3.8, 4) is 0 Å². The predicted molar refractivity (Wildman–Crippen MR) is 97.7 cm³/mol. The van der Waals surface area contributed by atoms with Crippen molar-refractivity contribution in [2.75, 3.05) is 19.6 Å². The lowest BCUT2D eigenvalue weighted by Crippen LogP contribution is -2.50. The monoisotopic (exact) mass is 354 g/mol. The number of nitrogens with one attached hydrogen (secondary N) is 3. The van der Waals surface area contributed by atoms with Crippen LogP contribution in [0.5, 0.6) is 0 Å². The highest BCUT2D eigenvalue weighted by Crippen LogP contribution is 2.26. The van der Waals surface area contributed by atoms with Crippen LogP contribution in [0.3, 0.4) is 0 Å². The van der Waals surface area contributed by atoms with Gasteiger partial charge >= 0.3 is 0 Å². The lowest BCUT2D eigenvalue weighted by molar-refractivity contribution is -0.129. The van der Waals surface area contributed by atoms with Crippen molar-refractivity contribution in [1.29, 1.82) is 0 Å². The van der Waals surface area contributed by atoms with Gasteiger partial charge in [-0.1, -0.05) is 45.4 Å². The van der Waals surface area contributed by atoms with Gasteiger partial charge in [0.1, 0.15) is 6.04 Å². The quantitative estimate of drug-likeness (QED) is 0.389. The van der Waals surface area contributed by atoms with Crippen LogP contribution in [0.2, 0.25) is 0 Å². The Morgan fingerprint density at radius 2 is 1.84 bits per heavy atom. The maximum Gasteiger partial charge on any atom is 0.243 e. The molecule has 7 nitrogen and oxygen atoms in total. The maximum absolute atomic E-state index is 12.0. The fourth-order valence-corrected chi connectivity index (χ4v) is 3.29. The van der Waals surface area contributed by atoms with Gasteiger partial charge in [0, 0.05) is 0 Å². The molecule has 0 spiro atoms. The fraction of sp³-hybridized carbons (Fsp3) is 0.833. The Morgan fingerprint density at radius 1 is 1.12 bits per heavy atom. The first kappa shape index (κ1) is 21.4. The average Bonchev–Trinajstić information content (AvgIpc) is 2.60. The number of carbonyl (C=O) groups is 3. The molecule has 0 saturated heterocycles. The third-order valence-corrected chi connectivity index (χ3v) is 4.64. The Kier molecular flexibility index (Phi) is 10.9. The van der Waals surface area contributed by atoms with E-state index in [-0.39, 0.29) is 24.9 Å². The highest BCUT2D eigenvalue weighted by Gasteiger charge is 2.19. The molecule has 5 N–H and O–H groups in total. The standard InChI is InChI=1S/C18H34N4O3/c1-2-7-15(18(25)21-12-16(19)23)22-17(24)13-20-11-6-10-14-8-4-3-5-9-14/h14-15,20H,2-13H2,1H3,(H2,19,23)(H,21,25)(H,22,24)/t15-/m0/s1. The molecule has 0 radical (unpaired) electrons. The molecule has 1 aliphatic carbocycles. The summed E-state index contributed by atoms with van der Waals surface area (Å²) in [6.45, 7) is 2.74. The van der Waals surface area contributed by atoms with Crippen LogP contribution in [0.15, 0.2) is 0 Å². The molecule has 1 atom stereocenters. The summed E-state index contributed by atoms with van der Waals surface area (Å²) < 4.78 is 0. The smallest absolute Gasteiger partial charge is 0.243 e. The molecule has 1 aliphatic rings. The summed E-state index contributed by atoms with van der Waals surface area (Å²) >= 11 is 0. The minimum absolute atomic E-state index is 0.202. The Labute approximate surface area is 150 Å². The molecule has 144 valence electrons. The van der Waals surface area contributed by atoms with Crippen molar-refractivity contribution in [3.05, 3.63) is 0 Å². The number of carbonyl (C=O) groups excluding carboxylic acids is 3. The average molecular weight is 354 g/mol. The van der Waals surface area contributed by atoms with Gasteiger partial charge in [0.2, 0.25) is 17.7 Å². The van der Waals surface area contributed by atoms with Gasteiger partial charge in [-0.15, -0.1) is 0 Å². The van der Waals surface area contributed by atoms with Crippen molar-refractivity contribution < 1.29 is 14.4 Å². The van der Waals surface area contributed by atoms with Crippen LogP contribution >= 0.6 is 0 Å². The van der Waals surface area contributed by atoms with Crippen molar-refractivity contribution in [2.45, 2.75) is 70.8 Å². The van der Waals surface area contributed by atoms with E-state index < -0.39 is 11.9 Å². The SMILES string of the molecule is CCC[C@H](NC(=O)CNCCCC1CCCCC1)C(=O)NCC(N)=O. The molecule has 7 heteroatoms. The summed E-state index contributed by atoms with van der Waals surface area (Å²) in [6.07, 6.45) is 10.4. The van der Waals surface area contributed by atoms with Crippen molar-refractivity contribution in [2.24, 2.45) is 11.7 Å². The summed E-state index contributed by atoms with van der Waals surface area (Å²) in [6, 6.07) is -0.624. The first-order chi connectivity index (χ1) is 12.0. The highest BCUT2D eigenvalue weighted by atomic mass is 16.2. The lowest BCUT2D eigenvalue weighted by atomic mass is 9.86. The van der Waals surface area contributed by atoms with Crippen LogP contribution in [0.4, 0.5) is 0 Å². The summed E-state index contributed by atoms with van der Waals surface area (Å²) in [5, 5.41) is 8.30. The number of primary amides is 1. The second-order valence-electron chi connectivity index (χ2n) is 6.92. The zero-order valence-electron chi connectivity index (χ0n) is 15.4. The van der Waals surface area contributed by atoms with Crippen LogP contribution in [0.1, 0.15) is 64.7 Å². The normalized spacial score (nSPS) is 16.2. The molecule has 0 aliphatic heterocycles. The van der Waals surface area contributed by atoms with Crippen molar-refractivity contribution in [1.82, 2.24) is 16.0 Å². The minimum atomic E-state index is -0.624. The van der Waals surface area contributed by atoms with Crippen LogP contribution in [0, 0.1) is 5.92 Å². The molecular weight excluding hydrogens is 320 g/mol. The van der Waals surface area contributed by atoms with E-state index >= 15 is 0 Å². The van der Waals surface area contributed by atoms with Gasteiger partial charge < -0.3 is 21.7 Å². The van der Waals surface area contributed by atoms with Crippen molar-refractivity contribution in [3.63, 3.8) is 0 Å². The van der Waals surface area contributed by atoms with Crippen LogP contribution in [0.25, 0.3) is 0 Å². The first-order valence-corrected chi connectivity index (χ1v) is 9.59. The second kappa shape index (κ2) is 12.7. The Balaban J connectivity index is 2.18. The molecule has 0 unspecified atom stereocenters. The number of amides is 3. The van der Waals surface area contributed by atoms with Gasteiger partial charge in [-0.05, 0) is 31.7 Å². The molecule has 1 saturated carbocycles. The zero-order valence-corrected chi connectivity index (χ0v) is 15.4. The van der Waals surface area contributed by atoms with E-state index in [1.165, 1.54) is 38.5 Å². The van der Waals surface area contributed by atoms with E-state index in [0.29, 0.717) is 6.42 Å². The first-order valence-electron chi connectivity index (χ1n) is 9.59. The zero-order chi connectivity index (χ0) is 18.5. The van der Waals surface area contributed by atoms with Gasteiger partial charge in [-0.25, -0.2) is 0 Å². The molecule has 25 heavy (non-hydrogen) atoms. The Morgan fingerprint density at radius 3 is 2.48 bits per heavy atom. The minimum Gasteiger partial charge on any atom is -0.368 e.